The molecule has 0 aliphatic heterocycles. The molecular formula is C9H15N3O4S. The smallest absolute Gasteiger partial charge is 0.309 e. The maximum absolute atomic E-state index is 11.2. The number of aromatic nitrogens is 3. The Morgan fingerprint density at radius 2 is 2.24 bits per heavy atom. The Hall–Kier alpha value is -1.44. The zero-order valence-electron chi connectivity index (χ0n) is 9.53. The lowest BCUT2D eigenvalue weighted by Crippen LogP contribution is -2.11. The van der Waals surface area contributed by atoms with Crippen molar-refractivity contribution >= 4 is 15.8 Å². The second-order valence-corrected chi connectivity index (χ2v) is 6.11. The van der Waals surface area contributed by atoms with E-state index in [-0.39, 0.29) is 17.9 Å². The van der Waals surface area contributed by atoms with Gasteiger partial charge in [-0.3, -0.25) is 9.48 Å². The van der Waals surface area contributed by atoms with Crippen LogP contribution in [0, 0.1) is 0 Å². The summed E-state index contributed by atoms with van der Waals surface area (Å²) in [6.45, 7) is 2.03. The van der Waals surface area contributed by atoms with Crippen molar-refractivity contribution in [3.05, 3.63) is 11.9 Å². The van der Waals surface area contributed by atoms with Gasteiger partial charge in [0, 0.05) is 18.5 Å². The second-order valence-electron chi connectivity index (χ2n) is 3.63. The van der Waals surface area contributed by atoms with Gasteiger partial charge >= 0.3 is 5.97 Å². The Bertz CT molecular complexity index is 480. The zero-order chi connectivity index (χ0) is 12.9. The van der Waals surface area contributed by atoms with Crippen LogP contribution >= 0.6 is 0 Å². The summed E-state index contributed by atoms with van der Waals surface area (Å²) < 4.78 is 23.9. The monoisotopic (exact) mass is 261 g/mol. The topological polar surface area (TPSA) is 102 Å². The van der Waals surface area contributed by atoms with Gasteiger partial charge in [0.1, 0.15) is 9.84 Å². The van der Waals surface area contributed by atoms with Crippen LogP contribution in [0.4, 0.5) is 0 Å². The van der Waals surface area contributed by atoms with Gasteiger partial charge in [-0.15, -0.1) is 5.10 Å². The van der Waals surface area contributed by atoms with Crippen LogP contribution in [0.1, 0.15) is 19.0 Å². The summed E-state index contributed by atoms with van der Waals surface area (Å²) in [5, 5.41) is 15.9. The summed E-state index contributed by atoms with van der Waals surface area (Å²) in [5.74, 6) is -0.725. The van der Waals surface area contributed by atoms with Crippen LogP contribution in [0.25, 0.3) is 0 Å². The molecule has 8 heteroatoms. The van der Waals surface area contributed by atoms with Crippen LogP contribution in [-0.4, -0.2) is 46.0 Å². The summed E-state index contributed by atoms with van der Waals surface area (Å²) in [6, 6.07) is 0. The standard InChI is InChI=1S/C9H15N3O4S/c1-2-17(15,16)5-3-4-12-7-8(10-11-12)6-9(13)14/h7H,2-6H2,1H3,(H,13,14). The highest BCUT2D eigenvalue weighted by Crippen LogP contribution is 1.99. The van der Waals surface area contributed by atoms with Gasteiger partial charge in [-0.1, -0.05) is 12.1 Å². The van der Waals surface area contributed by atoms with Crippen LogP contribution in [0.5, 0.6) is 0 Å². The largest absolute Gasteiger partial charge is 0.481 e. The molecule has 96 valence electrons. The Morgan fingerprint density at radius 3 is 2.82 bits per heavy atom. The van der Waals surface area contributed by atoms with E-state index in [4.69, 9.17) is 5.11 Å². The maximum Gasteiger partial charge on any atom is 0.309 e. The van der Waals surface area contributed by atoms with Crippen molar-refractivity contribution < 1.29 is 18.3 Å². The molecule has 0 aliphatic carbocycles. The summed E-state index contributed by atoms with van der Waals surface area (Å²) in [6.07, 6.45) is 1.80. The minimum atomic E-state index is -2.96. The number of sulfone groups is 1. The fourth-order valence-electron chi connectivity index (χ4n) is 1.27. The molecule has 0 aromatic carbocycles. The summed E-state index contributed by atoms with van der Waals surface area (Å²) in [4.78, 5) is 10.4. The summed E-state index contributed by atoms with van der Waals surface area (Å²) >= 11 is 0. The molecule has 17 heavy (non-hydrogen) atoms. The maximum atomic E-state index is 11.2. The SMILES string of the molecule is CCS(=O)(=O)CCCn1cc(CC(=O)O)nn1. The molecular weight excluding hydrogens is 246 g/mol. The number of carboxylic acid groups (broad SMARTS) is 1. The molecule has 1 rings (SSSR count). The minimum Gasteiger partial charge on any atom is -0.481 e. The molecule has 1 heterocycles. The van der Waals surface area contributed by atoms with Crippen LogP contribution in [-0.2, 0) is 27.6 Å². The van der Waals surface area contributed by atoms with E-state index < -0.39 is 15.8 Å². The third-order valence-corrected chi connectivity index (χ3v) is 3.99. The van der Waals surface area contributed by atoms with Crippen molar-refractivity contribution in [1.29, 1.82) is 0 Å². The van der Waals surface area contributed by atoms with E-state index in [0.29, 0.717) is 18.7 Å². The van der Waals surface area contributed by atoms with Gasteiger partial charge in [-0.2, -0.15) is 0 Å². The number of carboxylic acids is 1. The number of hydrogen-bond donors (Lipinski definition) is 1. The van der Waals surface area contributed by atoms with Gasteiger partial charge in [-0.25, -0.2) is 8.42 Å². The molecule has 0 bridgehead atoms. The minimum absolute atomic E-state index is 0.109. The molecule has 0 aliphatic rings. The predicted molar refractivity (Wildman–Crippen MR) is 60.3 cm³/mol. The van der Waals surface area contributed by atoms with Crippen molar-refractivity contribution in [3.63, 3.8) is 0 Å². The normalized spacial score (nSPS) is 11.6. The molecule has 0 spiro atoms. The molecule has 0 atom stereocenters. The van der Waals surface area contributed by atoms with Gasteiger partial charge in [0.2, 0.25) is 0 Å². The summed E-state index contributed by atoms with van der Waals surface area (Å²) in [5.41, 5.74) is 0.371. The van der Waals surface area contributed by atoms with Gasteiger partial charge in [0.05, 0.1) is 17.9 Å². The lowest BCUT2D eigenvalue weighted by molar-refractivity contribution is -0.136. The van der Waals surface area contributed by atoms with Gasteiger partial charge < -0.3 is 5.11 Å². The number of carbonyl (C=O) groups is 1. The molecule has 7 nitrogen and oxygen atoms in total. The fourth-order valence-corrected chi connectivity index (χ4v) is 2.13. The fraction of sp³-hybridized carbons (Fsp3) is 0.667. The van der Waals surface area contributed by atoms with Crippen molar-refractivity contribution in [3.8, 4) is 0 Å². The Balaban J connectivity index is 2.42. The Morgan fingerprint density at radius 1 is 1.53 bits per heavy atom. The lowest BCUT2D eigenvalue weighted by Gasteiger charge is -2.00. The first-order valence-electron chi connectivity index (χ1n) is 5.24. The molecule has 0 amide bonds. The molecule has 0 unspecified atom stereocenters. The summed E-state index contributed by atoms with van der Waals surface area (Å²) in [7, 11) is -2.96. The van der Waals surface area contributed by atoms with Crippen molar-refractivity contribution in [2.75, 3.05) is 11.5 Å². The Labute approximate surface area is 99.4 Å². The first-order valence-corrected chi connectivity index (χ1v) is 7.06. The lowest BCUT2D eigenvalue weighted by atomic mass is 10.3. The van der Waals surface area contributed by atoms with Crippen molar-refractivity contribution in [1.82, 2.24) is 15.0 Å². The highest BCUT2D eigenvalue weighted by Gasteiger charge is 2.08. The van der Waals surface area contributed by atoms with Gasteiger partial charge in [0.25, 0.3) is 0 Å². The van der Waals surface area contributed by atoms with Crippen molar-refractivity contribution in [2.45, 2.75) is 26.3 Å². The Kier molecular flexibility index (Phi) is 4.62. The van der Waals surface area contributed by atoms with E-state index in [1.807, 2.05) is 0 Å². The van der Waals surface area contributed by atoms with E-state index in [9.17, 15) is 13.2 Å². The third kappa shape index (κ3) is 4.94. The number of aryl methyl sites for hydroxylation is 1. The average molecular weight is 261 g/mol. The van der Waals surface area contributed by atoms with E-state index in [0.717, 1.165) is 0 Å². The first-order chi connectivity index (χ1) is 7.93. The van der Waals surface area contributed by atoms with Crippen LogP contribution in [0.15, 0.2) is 6.20 Å². The van der Waals surface area contributed by atoms with Crippen molar-refractivity contribution in [2.24, 2.45) is 0 Å². The van der Waals surface area contributed by atoms with E-state index >= 15 is 0 Å². The van der Waals surface area contributed by atoms with Crippen LogP contribution in [0.3, 0.4) is 0 Å². The van der Waals surface area contributed by atoms with E-state index in [1.54, 1.807) is 6.92 Å². The first kappa shape index (κ1) is 13.6. The molecule has 0 radical (unpaired) electrons. The molecule has 1 N–H and O–H groups in total. The molecule has 0 saturated carbocycles. The number of rotatable bonds is 7. The predicted octanol–water partition coefficient (Wildman–Crippen LogP) is -0.270. The number of aliphatic carboxylic acids is 1. The molecule has 1 aromatic rings. The molecule has 1 aromatic heterocycles. The zero-order valence-corrected chi connectivity index (χ0v) is 10.4. The second kappa shape index (κ2) is 5.76. The van der Waals surface area contributed by atoms with E-state index in [1.165, 1.54) is 10.9 Å². The number of hydrogen-bond acceptors (Lipinski definition) is 5. The average Bonchev–Trinajstić information content (AvgIpc) is 2.64. The molecule has 0 fully saturated rings. The third-order valence-electron chi connectivity index (χ3n) is 2.20. The van der Waals surface area contributed by atoms with Crippen LogP contribution in [0.2, 0.25) is 0 Å². The molecule has 0 saturated heterocycles. The highest BCUT2D eigenvalue weighted by molar-refractivity contribution is 7.91. The van der Waals surface area contributed by atoms with Crippen LogP contribution < -0.4 is 0 Å². The van der Waals surface area contributed by atoms with Gasteiger partial charge in [0.15, 0.2) is 0 Å². The highest BCUT2D eigenvalue weighted by atomic mass is 32.2. The van der Waals surface area contributed by atoms with Gasteiger partial charge in [-0.05, 0) is 6.42 Å². The van der Waals surface area contributed by atoms with E-state index in [2.05, 4.69) is 10.3 Å². The number of nitrogens with zero attached hydrogens (tertiary/aromatic N) is 3. The quantitative estimate of drug-likeness (QED) is 0.725.